The summed E-state index contributed by atoms with van der Waals surface area (Å²) in [4.78, 5) is 17.6. The van der Waals surface area contributed by atoms with Gasteiger partial charge in [-0.1, -0.05) is 6.07 Å². The summed E-state index contributed by atoms with van der Waals surface area (Å²) in [6, 6.07) is 3.20. The van der Waals surface area contributed by atoms with Gasteiger partial charge in [-0.3, -0.25) is 9.78 Å². The minimum absolute atomic E-state index is 0.0612. The molecule has 0 spiro atoms. The average Bonchev–Trinajstić information content (AvgIpc) is 2.37. The van der Waals surface area contributed by atoms with E-state index >= 15 is 0 Å². The highest BCUT2D eigenvalue weighted by atomic mass is 19.4. The van der Waals surface area contributed by atoms with Crippen LogP contribution in [0, 0.1) is 5.82 Å². The molecule has 1 aromatic heterocycles. The lowest BCUT2D eigenvalue weighted by Gasteiger charge is -2.07. The highest BCUT2D eigenvalue weighted by Crippen LogP contribution is 2.29. The average molecular weight is 285 g/mol. The number of carbonyl (C=O) groups is 1. The molecule has 1 aromatic carbocycles. The van der Waals surface area contributed by atoms with Crippen molar-refractivity contribution < 1.29 is 22.4 Å². The highest BCUT2D eigenvalue weighted by Gasteiger charge is 2.33. The summed E-state index contributed by atoms with van der Waals surface area (Å²) in [5.41, 5.74) is 3.29. The molecule has 0 aliphatic heterocycles. The van der Waals surface area contributed by atoms with Crippen LogP contribution in [-0.4, -0.2) is 15.9 Å². The molecule has 2 aromatic rings. The summed E-state index contributed by atoms with van der Waals surface area (Å²) in [5.74, 6) is -1.90. The second-order valence-electron chi connectivity index (χ2n) is 3.85. The Kier molecular flexibility index (Phi) is 3.39. The summed E-state index contributed by atoms with van der Waals surface area (Å²) in [5, 5.41) is 0. The van der Waals surface area contributed by atoms with E-state index in [-0.39, 0.29) is 16.8 Å². The van der Waals surface area contributed by atoms with Crippen LogP contribution >= 0.6 is 0 Å². The van der Waals surface area contributed by atoms with Crippen LogP contribution in [0.4, 0.5) is 17.6 Å². The van der Waals surface area contributed by atoms with Crippen LogP contribution in [0.3, 0.4) is 0 Å². The lowest BCUT2D eigenvalue weighted by atomic mass is 10.1. The van der Waals surface area contributed by atoms with Crippen molar-refractivity contribution in [3.8, 4) is 11.3 Å². The van der Waals surface area contributed by atoms with Gasteiger partial charge < -0.3 is 5.73 Å². The fraction of sp³-hybridized carbons (Fsp3) is 0.0833. The third kappa shape index (κ3) is 2.73. The third-order valence-electron chi connectivity index (χ3n) is 2.46. The van der Waals surface area contributed by atoms with Crippen LogP contribution in [0.25, 0.3) is 11.3 Å². The summed E-state index contributed by atoms with van der Waals surface area (Å²) >= 11 is 0. The van der Waals surface area contributed by atoms with Crippen molar-refractivity contribution in [2.24, 2.45) is 5.73 Å². The van der Waals surface area contributed by atoms with Gasteiger partial charge in [-0.15, -0.1) is 0 Å². The molecule has 0 saturated carbocycles. The first-order chi connectivity index (χ1) is 9.29. The van der Waals surface area contributed by atoms with Crippen LogP contribution in [0.15, 0.2) is 30.6 Å². The predicted octanol–water partition coefficient (Wildman–Crippen LogP) is 2.40. The van der Waals surface area contributed by atoms with Crippen LogP contribution in [0.5, 0.6) is 0 Å². The summed E-state index contributed by atoms with van der Waals surface area (Å²) in [6.45, 7) is 0. The molecule has 8 heteroatoms. The number of primary amides is 1. The summed E-state index contributed by atoms with van der Waals surface area (Å²) in [7, 11) is 0. The monoisotopic (exact) mass is 285 g/mol. The van der Waals surface area contributed by atoms with Gasteiger partial charge in [-0.2, -0.15) is 13.2 Å². The predicted molar refractivity (Wildman–Crippen MR) is 60.9 cm³/mol. The number of rotatable bonds is 2. The SMILES string of the molecule is NC(=O)c1ccc(-c2cncc(C(F)(F)F)n2)cc1F. The first kappa shape index (κ1) is 13.9. The Bertz CT molecular complexity index is 670. The Labute approximate surface area is 110 Å². The third-order valence-corrected chi connectivity index (χ3v) is 2.46. The van der Waals surface area contributed by atoms with Crippen LogP contribution in [0.2, 0.25) is 0 Å². The van der Waals surface area contributed by atoms with Gasteiger partial charge in [0.25, 0.3) is 5.91 Å². The minimum atomic E-state index is -4.64. The molecule has 0 bridgehead atoms. The lowest BCUT2D eigenvalue weighted by molar-refractivity contribution is -0.141. The van der Waals surface area contributed by atoms with Crippen molar-refractivity contribution in [2.75, 3.05) is 0 Å². The molecule has 0 unspecified atom stereocenters. The van der Waals surface area contributed by atoms with E-state index in [0.29, 0.717) is 6.20 Å². The molecule has 1 amide bonds. The van der Waals surface area contributed by atoms with E-state index in [9.17, 15) is 22.4 Å². The van der Waals surface area contributed by atoms with Crippen molar-refractivity contribution in [3.63, 3.8) is 0 Å². The first-order valence-electron chi connectivity index (χ1n) is 5.28. The molecule has 1 heterocycles. The second-order valence-corrected chi connectivity index (χ2v) is 3.85. The van der Waals surface area contributed by atoms with Gasteiger partial charge >= 0.3 is 6.18 Å². The fourth-order valence-electron chi connectivity index (χ4n) is 1.52. The molecule has 0 atom stereocenters. The van der Waals surface area contributed by atoms with E-state index in [1.54, 1.807) is 0 Å². The Morgan fingerprint density at radius 2 is 1.90 bits per heavy atom. The zero-order valence-corrected chi connectivity index (χ0v) is 9.78. The topological polar surface area (TPSA) is 68.9 Å². The zero-order chi connectivity index (χ0) is 14.9. The maximum Gasteiger partial charge on any atom is 0.434 e. The Hall–Kier alpha value is -2.51. The van der Waals surface area contributed by atoms with Crippen molar-refractivity contribution in [3.05, 3.63) is 47.7 Å². The number of nitrogens with two attached hydrogens (primary N) is 1. The van der Waals surface area contributed by atoms with Crippen molar-refractivity contribution >= 4 is 5.91 Å². The van der Waals surface area contributed by atoms with E-state index in [4.69, 9.17) is 5.73 Å². The maximum atomic E-state index is 13.5. The van der Waals surface area contributed by atoms with E-state index in [1.165, 1.54) is 6.07 Å². The molecule has 2 N–H and O–H groups in total. The normalized spacial score (nSPS) is 11.4. The number of carbonyl (C=O) groups excluding carboxylic acids is 1. The number of nitrogens with zero attached hydrogens (tertiary/aromatic N) is 2. The quantitative estimate of drug-likeness (QED) is 0.861. The van der Waals surface area contributed by atoms with E-state index in [0.717, 1.165) is 18.3 Å². The molecule has 0 saturated heterocycles. The number of benzene rings is 1. The number of hydrogen-bond donors (Lipinski definition) is 1. The van der Waals surface area contributed by atoms with Gasteiger partial charge in [0.15, 0.2) is 5.69 Å². The van der Waals surface area contributed by atoms with Crippen molar-refractivity contribution in [1.82, 2.24) is 9.97 Å². The van der Waals surface area contributed by atoms with Gasteiger partial charge in [0, 0.05) is 5.56 Å². The van der Waals surface area contributed by atoms with Gasteiger partial charge in [-0.05, 0) is 12.1 Å². The first-order valence-corrected chi connectivity index (χ1v) is 5.28. The Morgan fingerprint density at radius 1 is 1.20 bits per heavy atom. The molecule has 0 aliphatic carbocycles. The number of alkyl halides is 3. The second kappa shape index (κ2) is 4.87. The molecule has 20 heavy (non-hydrogen) atoms. The molecule has 0 fully saturated rings. The number of halogens is 4. The largest absolute Gasteiger partial charge is 0.434 e. The van der Waals surface area contributed by atoms with Gasteiger partial charge in [0.2, 0.25) is 0 Å². The van der Waals surface area contributed by atoms with Crippen LogP contribution in [0.1, 0.15) is 16.1 Å². The van der Waals surface area contributed by atoms with Gasteiger partial charge in [-0.25, -0.2) is 9.37 Å². The van der Waals surface area contributed by atoms with Gasteiger partial charge in [0.05, 0.1) is 23.7 Å². The van der Waals surface area contributed by atoms with E-state index < -0.39 is 23.6 Å². The van der Waals surface area contributed by atoms with E-state index in [2.05, 4.69) is 9.97 Å². The summed E-state index contributed by atoms with van der Waals surface area (Å²) in [6.07, 6.45) is -3.01. The molecule has 104 valence electrons. The number of hydrogen-bond acceptors (Lipinski definition) is 3. The lowest BCUT2D eigenvalue weighted by Crippen LogP contribution is -2.13. The van der Waals surface area contributed by atoms with E-state index in [1.807, 2.05) is 0 Å². The van der Waals surface area contributed by atoms with Crippen molar-refractivity contribution in [2.45, 2.75) is 6.18 Å². The highest BCUT2D eigenvalue weighted by molar-refractivity contribution is 5.93. The van der Waals surface area contributed by atoms with Crippen molar-refractivity contribution in [1.29, 1.82) is 0 Å². The number of aromatic nitrogens is 2. The summed E-state index contributed by atoms with van der Waals surface area (Å²) < 4.78 is 51.0. The number of amides is 1. The van der Waals surface area contributed by atoms with Crippen LogP contribution in [-0.2, 0) is 6.18 Å². The Morgan fingerprint density at radius 3 is 2.45 bits per heavy atom. The molecular weight excluding hydrogens is 278 g/mol. The minimum Gasteiger partial charge on any atom is -0.366 e. The van der Waals surface area contributed by atoms with Gasteiger partial charge in [0.1, 0.15) is 5.82 Å². The molecule has 0 radical (unpaired) electrons. The maximum absolute atomic E-state index is 13.5. The molecular formula is C12H7F4N3O. The fourth-order valence-corrected chi connectivity index (χ4v) is 1.52. The smallest absolute Gasteiger partial charge is 0.366 e. The van der Waals surface area contributed by atoms with Crippen LogP contribution < -0.4 is 5.73 Å². The molecule has 4 nitrogen and oxygen atoms in total. The molecule has 0 aliphatic rings. The zero-order valence-electron chi connectivity index (χ0n) is 9.78. The standard InChI is InChI=1S/C12H7F4N3O/c13-8-3-6(1-2-7(8)11(17)20)9-4-18-5-10(19-9)12(14,15)16/h1-5H,(H2,17,20). The Balaban J connectivity index is 2.47. The molecule has 2 rings (SSSR count).